The number of benzene rings is 3. The average Bonchev–Trinajstić information content (AvgIpc) is 2.82. The molecule has 4 rings (SSSR count). The lowest BCUT2D eigenvalue weighted by Crippen LogP contribution is -2.43. The molecule has 5 nitrogen and oxygen atoms in total. The van der Waals surface area contributed by atoms with Gasteiger partial charge in [0.15, 0.2) is 0 Å². The number of nitrogens with one attached hydrogen (secondary N) is 1. The van der Waals surface area contributed by atoms with Crippen LogP contribution in [0, 0.1) is 12.8 Å². The largest absolute Gasteiger partial charge is 0.496 e. The Morgan fingerprint density at radius 2 is 1.65 bits per heavy atom. The standard InChI is InChI=1S/C26H28N2O3/c1-18-7-3-4-8-20(18)17-27-25(29)19-13-15-28(16-14-19)26(30)23-11-12-24(31-2)22-10-6-5-9-21(22)23/h3-12,19H,13-17H2,1-2H3,(H,27,29). The summed E-state index contributed by atoms with van der Waals surface area (Å²) in [7, 11) is 1.64. The van der Waals surface area contributed by atoms with Gasteiger partial charge in [-0.15, -0.1) is 0 Å². The van der Waals surface area contributed by atoms with Crippen LogP contribution in [0.3, 0.4) is 0 Å². The Labute approximate surface area is 183 Å². The van der Waals surface area contributed by atoms with Gasteiger partial charge in [0.25, 0.3) is 5.91 Å². The maximum absolute atomic E-state index is 13.2. The Morgan fingerprint density at radius 1 is 0.968 bits per heavy atom. The molecule has 5 heteroatoms. The first-order valence-corrected chi connectivity index (χ1v) is 10.8. The normalized spacial score (nSPS) is 14.5. The number of carbonyl (C=O) groups is 2. The van der Waals surface area contributed by atoms with Crippen LogP contribution in [0.5, 0.6) is 5.75 Å². The maximum atomic E-state index is 13.2. The molecule has 0 atom stereocenters. The number of likely N-dealkylation sites (tertiary alicyclic amines) is 1. The van der Waals surface area contributed by atoms with Crippen molar-refractivity contribution in [1.29, 1.82) is 0 Å². The van der Waals surface area contributed by atoms with E-state index in [1.165, 1.54) is 5.56 Å². The minimum atomic E-state index is -0.0549. The van der Waals surface area contributed by atoms with E-state index in [0.717, 1.165) is 22.1 Å². The molecule has 3 aromatic carbocycles. The third kappa shape index (κ3) is 4.41. The summed E-state index contributed by atoms with van der Waals surface area (Å²) in [6.07, 6.45) is 1.36. The third-order valence-electron chi connectivity index (χ3n) is 6.20. The van der Waals surface area contributed by atoms with Gasteiger partial charge in [0, 0.05) is 36.5 Å². The van der Waals surface area contributed by atoms with Crippen molar-refractivity contribution >= 4 is 22.6 Å². The molecule has 0 saturated carbocycles. The molecule has 0 bridgehead atoms. The predicted octanol–water partition coefficient (Wildman–Crippen LogP) is 4.33. The van der Waals surface area contributed by atoms with Crippen LogP contribution < -0.4 is 10.1 Å². The lowest BCUT2D eigenvalue weighted by atomic mass is 9.94. The summed E-state index contributed by atoms with van der Waals surface area (Å²) in [5, 5.41) is 4.89. The number of amides is 2. The van der Waals surface area contributed by atoms with E-state index < -0.39 is 0 Å². The van der Waals surface area contributed by atoms with Crippen molar-refractivity contribution in [2.24, 2.45) is 5.92 Å². The fourth-order valence-corrected chi connectivity index (χ4v) is 4.29. The van der Waals surface area contributed by atoms with Gasteiger partial charge in [0.1, 0.15) is 5.75 Å². The highest BCUT2D eigenvalue weighted by Gasteiger charge is 2.28. The Hall–Kier alpha value is -3.34. The van der Waals surface area contributed by atoms with Crippen molar-refractivity contribution in [3.63, 3.8) is 0 Å². The first-order chi connectivity index (χ1) is 15.1. The van der Waals surface area contributed by atoms with Crippen molar-refractivity contribution in [1.82, 2.24) is 10.2 Å². The minimum absolute atomic E-state index is 0.0117. The zero-order chi connectivity index (χ0) is 21.8. The van der Waals surface area contributed by atoms with E-state index in [4.69, 9.17) is 4.74 Å². The Bertz CT molecular complexity index is 1100. The van der Waals surface area contributed by atoms with Crippen LogP contribution in [0.4, 0.5) is 0 Å². The third-order valence-corrected chi connectivity index (χ3v) is 6.20. The molecule has 1 N–H and O–H groups in total. The number of hydrogen-bond donors (Lipinski definition) is 1. The highest BCUT2D eigenvalue weighted by molar-refractivity contribution is 6.08. The molecule has 1 saturated heterocycles. The zero-order valence-electron chi connectivity index (χ0n) is 18.1. The maximum Gasteiger partial charge on any atom is 0.254 e. The van der Waals surface area contributed by atoms with Gasteiger partial charge in [-0.1, -0.05) is 48.5 Å². The molecule has 0 radical (unpaired) electrons. The Balaban J connectivity index is 1.39. The molecule has 31 heavy (non-hydrogen) atoms. The van der Waals surface area contributed by atoms with Crippen LogP contribution in [0.1, 0.15) is 34.3 Å². The number of hydrogen-bond acceptors (Lipinski definition) is 3. The second-order valence-electron chi connectivity index (χ2n) is 8.07. The van der Waals surface area contributed by atoms with E-state index >= 15 is 0 Å². The molecule has 0 aromatic heterocycles. The SMILES string of the molecule is COc1ccc(C(=O)N2CCC(C(=O)NCc3ccccc3C)CC2)c2ccccc12. The fourth-order valence-electron chi connectivity index (χ4n) is 4.29. The van der Waals surface area contributed by atoms with Gasteiger partial charge in [-0.2, -0.15) is 0 Å². The van der Waals surface area contributed by atoms with E-state index in [9.17, 15) is 9.59 Å². The fraction of sp³-hybridized carbons (Fsp3) is 0.308. The quantitative estimate of drug-likeness (QED) is 0.674. The lowest BCUT2D eigenvalue weighted by molar-refractivity contribution is -0.126. The van der Waals surface area contributed by atoms with Crippen molar-refractivity contribution in [2.45, 2.75) is 26.3 Å². The summed E-state index contributed by atoms with van der Waals surface area (Å²) >= 11 is 0. The van der Waals surface area contributed by atoms with Crippen molar-refractivity contribution in [2.75, 3.05) is 20.2 Å². The number of piperidine rings is 1. The van der Waals surface area contributed by atoms with E-state index in [0.29, 0.717) is 38.0 Å². The average molecular weight is 417 g/mol. The van der Waals surface area contributed by atoms with E-state index in [2.05, 4.69) is 18.3 Å². The van der Waals surface area contributed by atoms with Gasteiger partial charge in [-0.05, 0) is 48.4 Å². The lowest BCUT2D eigenvalue weighted by Gasteiger charge is -2.31. The molecule has 160 valence electrons. The van der Waals surface area contributed by atoms with E-state index in [1.807, 2.05) is 59.5 Å². The summed E-state index contributed by atoms with van der Waals surface area (Å²) in [6.45, 7) is 3.76. The van der Waals surface area contributed by atoms with Crippen LogP contribution in [0.2, 0.25) is 0 Å². The Kier molecular flexibility index (Phi) is 6.21. The van der Waals surface area contributed by atoms with Crippen LogP contribution in [-0.4, -0.2) is 36.9 Å². The second-order valence-corrected chi connectivity index (χ2v) is 8.07. The summed E-state index contributed by atoms with van der Waals surface area (Å²) in [5.41, 5.74) is 2.99. The van der Waals surface area contributed by atoms with Crippen molar-refractivity contribution in [3.8, 4) is 5.75 Å². The molecule has 2 amide bonds. The van der Waals surface area contributed by atoms with Crippen molar-refractivity contribution < 1.29 is 14.3 Å². The molecule has 0 spiro atoms. The first kappa shape index (κ1) is 20.9. The molecule has 1 heterocycles. The van der Waals surface area contributed by atoms with Gasteiger partial charge >= 0.3 is 0 Å². The minimum Gasteiger partial charge on any atom is -0.496 e. The molecular formula is C26H28N2O3. The summed E-state index contributed by atoms with van der Waals surface area (Å²) in [4.78, 5) is 27.7. The van der Waals surface area contributed by atoms with Gasteiger partial charge < -0.3 is 15.0 Å². The predicted molar refractivity (Wildman–Crippen MR) is 122 cm³/mol. The molecule has 0 aliphatic carbocycles. The number of rotatable bonds is 5. The number of aryl methyl sites for hydroxylation is 1. The molecule has 1 aliphatic rings. The highest BCUT2D eigenvalue weighted by Crippen LogP contribution is 2.30. The Morgan fingerprint density at radius 3 is 2.35 bits per heavy atom. The molecular weight excluding hydrogens is 388 g/mol. The number of fused-ring (bicyclic) bond motifs is 1. The van der Waals surface area contributed by atoms with Crippen LogP contribution in [0.15, 0.2) is 60.7 Å². The second kappa shape index (κ2) is 9.21. The zero-order valence-corrected chi connectivity index (χ0v) is 18.1. The van der Waals surface area contributed by atoms with Crippen molar-refractivity contribution in [3.05, 3.63) is 77.4 Å². The van der Waals surface area contributed by atoms with Gasteiger partial charge in [0.05, 0.1) is 7.11 Å². The smallest absolute Gasteiger partial charge is 0.254 e. The first-order valence-electron chi connectivity index (χ1n) is 10.8. The van der Waals surface area contributed by atoms with Gasteiger partial charge in [0.2, 0.25) is 5.91 Å². The molecule has 0 unspecified atom stereocenters. The molecule has 3 aromatic rings. The number of nitrogens with zero attached hydrogens (tertiary/aromatic N) is 1. The van der Waals surface area contributed by atoms with E-state index in [-0.39, 0.29) is 17.7 Å². The van der Waals surface area contributed by atoms with Crippen LogP contribution in [0.25, 0.3) is 10.8 Å². The van der Waals surface area contributed by atoms with Crippen LogP contribution in [-0.2, 0) is 11.3 Å². The molecule has 1 aliphatic heterocycles. The van der Waals surface area contributed by atoms with Gasteiger partial charge in [-0.25, -0.2) is 0 Å². The number of carbonyl (C=O) groups excluding carboxylic acids is 2. The summed E-state index contributed by atoms with van der Waals surface area (Å²) < 4.78 is 5.44. The monoisotopic (exact) mass is 416 g/mol. The summed E-state index contributed by atoms with van der Waals surface area (Å²) in [5.74, 6) is 0.791. The topological polar surface area (TPSA) is 58.6 Å². The molecule has 1 fully saturated rings. The highest BCUT2D eigenvalue weighted by atomic mass is 16.5. The summed E-state index contributed by atoms with van der Waals surface area (Å²) in [6, 6.07) is 19.6. The van der Waals surface area contributed by atoms with Gasteiger partial charge in [-0.3, -0.25) is 9.59 Å². The van der Waals surface area contributed by atoms with E-state index in [1.54, 1.807) is 7.11 Å². The van der Waals surface area contributed by atoms with Crippen LogP contribution >= 0.6 is 0 Å². The number of methoxy groups -OCH3 is 1. The number of ether oxygens (including phenoxy) is 1.